The quantitative estimate of drug-likeness (QED) is 0.778. The maximum atomic E-state index is 11.6. The Balaban J connectivity index is 2.81. The lowest BCUT2D eigenvalue weighted by Crippen LogP contribution is -2.23. The van der Waals surface area contributed by atoms with Crippen LogP contribution < -0.4 is 9.46 Å². The van der Waals surface area contributed by atoms with Crippen molar-refractivity contribution in [3.8, 4) is 30.4 Å². The second-order valence-corrected chi connectivity index (χ2v) is 4.76. The Morgan fingerprint density at radius 1 is 1.18 bits per heavy atom. The predicted molar refractivity (Wildman–Crippen MR) is 64.8 cm³/mol. The van der Waals surface area contributed by atoms with Gasteiger partial charge in [-0.15, -0.1) is 12.8 Å². The third-order valence-electron chi connectivity index (χ3n) is 1.82. The molecule has 0 radical (unpaired) electrons. The molecule has 0 fully saturated rings. The van der Waals surface area contributed by atoms with Gasteiger partial charge in [0.1, 0.15) is 12.4 Å². The van der Waals surface area contributed by atoms with E-state index in [-0.39, 0.29) is 18.0 Å². The number of benzene rings is 1. The SMILES string of the molecule is C#CCNS(=O)(=O)c1ccc(OCC#C)cc1. The minimum Gasteiger partial charge on any atom is -0.481 e. The Labute approximate surface area is 101 Å². The van der Waals surface area contributed by atoms with Crippen LogP contribution in [0.5, 0.6) is 5.75 Å². The largest absolute Gasteiger partial charge is 0.481 e. The normalized spacial score (nSPS) is 10.2. The van der Waals surface area contributed by atoms with Gasteiger partial charge in [-0.25, -0.2) is 8.42 Å². The van der Waals surface area contributed by atoms with E-state index in [4.69, 9.17) is 17.6 Å². The summed E-state index contributed by atoms with van der Waals surface area (Å²) in [4.78, 5) is 0.126. The van der Waals surface area contributed by atoms with E-state index in [0.717, 1.165) is 0 Å². The maximum absolute atomic E-state index is 11.6. The molecule has 0 unspecified atom stereocenters. The van der Waals surface area contributed by atoms with Crippen molar-refractivity contribution in [1.82, 2.24) is 4.72 Å². The van der Waals surface area contributed by atoms with Gasteiger partial charge in [-0.2, -0.15) is 4.72 Å². The molecule has 1 rings (SSSR count). The molecule has 5 heteroatoms. The van der Waals surface area contributed by atoms with Gasteiger partial charge in [-0.05, 0) is 24.3 Å². The van der Waals surface area contributed by atoms with Gasteiger partial charge in [0, 0.05) is 0 Å². The standard InChI is InChI=1S/C12H11NO3S/c1-3-9-13-17(14,15)12-7-5-11(6-8-12)16-10-4-2/h1-2,5-8,13H,9-10H2. The molecule has 0 aliphatic heterocycles. The highest BCUT2D eigenvalue weighted by Gasteiger charge is 2.12. The van der Waals surface area contributed by atoms with Crippen molar-refractivity contribution in [2.75, 3.05) is 13.2 Å². The van der Waals surface area contributed by atoms with Gasteiger partial charge in [0.2, 0.25) is 10.0 Å². The smallest absolute Gasteiger partial charge is 0.241 e. The summed E-state index contributed by atoms with van der Waals surface area (Å²) in [5.74, 6) is 5.02. The fourth-order valence-corrected chi connectivity index (χ4v) is 1.99. The topological polar surface area (TPSA) is 55.4 Å². The number of sulfonamides is 1. The minimum absolute atomic E-state index is 0.0440. The monoisotopic (exact) mass is 249 g/mol. The Morgan fingerprint density at radius 3 is 2.35 bits per heavy atom. The van der Waals surface area contributed by atoms with Crippen molar-refractivity contribution < 1.29 is 13.2 Å². The molecule has 0 aromatic heterocycles. The summed E-state index contributed by atoms with van der Waals surface area (Å²) < 4.78 is 30.6. The lowest BCUT2D eigenvalue weighted by molar-refractivity contribution is 0.370. The third kappa shape index (κ3) is 3.84. The molecule has 0 spiro atoms. The van der Waals surface area contributed by atoms with Gasteiger partial charge < -0.3 is 4.74 Å². The molecule has 0 atom stereocenters. The Hall–Kier alpha value is -1.95. The molecule has 0 saturated carbocycles. The first-order chi connectivity index (χ1) is 8.10. The number of hydrogen-bond acceptors (Lipinski definition) is 3. The highest BCUT2D eigenvalue weighted by molar-refractivity contribution is 7.89. The van der Waals surface area contributed by atoms with Crippen LogP contribution in [0.1, 0.15) is 0 Å². The van der Waals surface area contributed by atoms with E-state index >= 15 is 0 Å². The first kappa shape index (κ1) is 13.1. The Bertz CT molecular complexity index is 547. The predicted octanol–water partition coefficient (Wildman–Crippen LogP) is 0.610. The fourth-order valence-electron chi connectivity index (χ4n) is 1.06. The first-order valence-corrected chi connectivity index (χ1v) is 6.18. The van der Waals surface area contributed by atoms with E-state index in [9.17, 15) is 8.42 Å². The van der Waals surface area contributed by atoms with Gasteiger partial charge in [0.25, 0.3) is 0 Å². The van der Waals surface area contributed by atoms with E-state index in [0.29, 0.717) is 5.75 Å². The van der Waals surface area contributed by atoms with Crippen LogP contribution in [0.15, 0.2) is 29.2 Å². The summed E-state index contributed by atoms with van der Waals surface area (Å²) in [6, 6.07) is 5.90. The van der Waals surface area contributed by atoms with Crippen LogP contribution in [0.4, 0.5) is 0 Å². The number of terminal acetylenes is 2. The van der Waals surface area contributed by atoms with Gasteiger partial charge in [0.15, 0.2) is 0 Å². The molecule has 17 heavy (non-hydrogen) atoms. The van der Waals surface area contributed by atoms with E-state index in [2.05, 4.69) is 16.6 Å². The van der Waals surface area contributed by atoms with Crippen LogP contribution >= 0.6 is 0 Å². The maximum Gasteiger partial charge on any atom is 0.241 e. The lowest BCUT2D eigenvalue weighted by Gasteiger charge is -2.05. The van der Waals surface area contributed by atoms with Crippen LogP contribution in [0.2, 0.25) is 0 Å². The molecule has 0 amide bonds. The first-order valence-electron chi connectivity index (χ1n) is 4.69. The zero-order valence-corrected chi connectivity index (χ0v) is 9.83. The molecule has 0 aliphatic rings. The summed E-state index contributed by atoms with van der Waals surface area (Å²) in [7, 11) is -3.55. The van der Waals surface area contributed by atoms with Crippen LogP contribution in [0.3, 0.4) is 0 Å². The van der Waals surface area contributed by atoms with E-state index in [1.54, 1.807) is 0 Å². The third-order valence-corrected chi connectivity index (χ3v) is 3.24. The zero-order chi connectivity index (χ0) is 12.7. The molecule has 0 heterocycles. The van der Waals surface area contributed by atoms with E-state index < -0.39 is 10.0 Å². The fraction of sp³-hybridized carbons (Fsp3) is 0.167. The Morgan fingerprint density at radius 2 is 1.82 bits per heavy atom. The van der Waals surface area contributed by atoms with Crippen LogP contribution in [-0.4, -0.2) is 21.6 Å². The van der Waals surface area contributed by atoms with Crippen molar-refractivity contribution in [1.29, 1.82) is 0 Å². The van der Waals surface area contributed by atoms with Crippen molar-refractivity contribution in [2.45, 2.75) is 4.90 Å². The second kappa shape index (κ2) is 5.95. The van der Waals surface area contributed by atoms with Crippen LogP contribution in [0, 0.1) is 24.7 Å². The van der Waals surface area contributed by atoms with Crippen molar-refractivity contribution in [3.63, 3.8) is 0 Å². The molecule has 0 bridgehead atoms. The van der Waals surface area contributed by atoms with Gasteiger partial charge in [0.05, 0.1) is 11.4 Å². The number of ether oxygens (including phenoxy) is 1. The average Bonchev–Trinajstić information content (AvgIpc) is 2.34. The highest BCUT2D eigenvalue weighted by atomic mass is 32.2. The molecule has 1 aromatic rings. The number of nitrogens with one attached hydrogen (secondary N) is 1. The molecule has 1 aromatic carbocycles. The molecule has 88 valence electrons. The molecule has 0 aliphatic carbocycles. The van der Waals surface area contributed by atoms with Gasteiger partial charge >= 0.3 is 0 Å². The summed E-state index contributed by atoms with van der Waals surface area (Å²) in [6.45, 7) is 0.0963. The van der Waals surface area contributed by atoms with Crippen molar-refractivity contribution in [2.24, 2.45) is 0 Å². The lowest BCUT2D eigenvalue weighted by atomic mass is 10.3. The van der Waals surface area contributed by atoms with Gasteiger partial charge in [-0.3, -0.25) is 0 Å². The molecular weight excluding hydrogens is 238 g/mol. The highest BCUT2D eigenvalue weighted by Crippen LogP contribution is 2.15. The number of rotatable bonds is 5. The van der Waals surface area contributed by atoms with Gasteiger partial charge in [-0.1, -0.05) is 11.8 Å². The van der Waals surface area contributed by atoms with E-state index in [1.165, 1.54) is 24.3 Å². The minimum atomic E-state index is -3.55. The Kier molecular flexibility index (Phi) is 4.59. The summed E-state index contributed by atoms with van der Waals surface area (Å²) in [6.07, 6.45) is 10.0. The summed E-state index contributed by atoms with van der Waals surface area (Å²) >= 11 is 0. The van der Waals surface area contributed by atoms with Crippen LogP contribution in [-0.2, 0) is 10.0 Å². The average molecular weight is 249 g/mol. The van der Waals surface area contributed by atoms with Crippen molar-refractivity contribution >= 4 is 10.0 Å². The molecule has 0 saturated heterocycles. The van der Waals surface area contributed by atoms with Crippen LogP contribution in [0.25, 0.3) is 0 Å². The summed E-state index contributed by atoms with van der Waals surface area (Å²) in [5, 5.41) is 0. The van der Waals surface area contributed by atoms with Crippen molar-refractivity contribution in [3.05, 3.63) is 24.3 Å². The van der Waals surface area contributed by atoms with E-state index in [1.807, 2.05) is 0 Å². The molecular formula is C12H11NO3S. The second-order valence-electron chi connectivity index (χ2n) is 2.99. The molecule has 1 N–H and O–H groups in total. The number of hydrogen-bond donors (Lipinski definition) is 1. The molecule has 4 nitrogen and oxygen atoms in total. The summed E-state index contributed by atoms with van der Waals surface area (Å²) in [5.41, 5.74) is 0. The zero-order valence-electron chi connectivity index (χ0n) is 9.01.